The molecule has 0 aliphatic rings. The highest BCUT2D eigenvalue weighted by Crippen LogP contribution is 2.18. The molecule has 5 heteroatoms. The summed E-state index contributed by atoms with van der Waals surface area (Å²) in [5, 5.41) is 0. The van der Waals surface area contributed by atoms with E-state index < -0.39 is 6.29 Å². The van der Waals surface area contributed by atoms with Crippen molar-refractivity contribution in [2.24, 2.45) is 0 Å². The Bertz CT molecular complexity index is 567. The maximum absolute atomic E-state index is 11.9. The standard InChI is InChI=1S/C15H19NO4/c1-3-18-15(19-4-2)13-10-14(17)16(20-13)11-12-8-6-5-7-9-12/h5-10,15H,3-4,11H2,1-2H3. The summed E-state index contributed by atoms with van der Waals surface area (Å²) in [6.07, 6.45) is -0.630. The maximum Gasteiger partial charge on any atom is 0.283 e. The summed E-state index contributed by atoms with van der Waals surface area (Å²) in [6.45, 7) is 5.09. The molecule has 20 heavy (non-hydrogen) atoms. The van der Waals surface area contributed by atoms with Crippen LogP contribution >= 0.6 is 0 Å². The van der Waals surface area contributed by atoms with Crippen LogP contribution in [0.5, 0.6) is 0 Å². The zero-order valence-corrected chi connectivity index (χ0v) is 11.7. The first-order chi connectivity index (χ1) is 9.74. The summed E-state index contributed by atoms with van der Waals surface area (Å²) in [5.41, 5.74) is 0.799. The minimum Gasteiger partial charge on any atom is -0.375 e. The van der Waals surface area contributed by atoms with E-state index in [1.165, 1.54) is 10.8 Å². The van der Waals surface area contributed by atoms with Gasteiger partial charge in [-0.1, -0.05) is 30.3 Å². The third kappa shape index (κ3) is 3.59. The van der Waals surface area contributed by atoms with Gasteiger partial charge in [-0.15, -0.1) is 0 Å². The number of rotatable bonds is 7. The first kappa shape index (κ1) is 14.6. The van der Waals surface area contributed by atoms with Crippen LogP contribution in [0.1, 0.15) is 31.5 Å². The zero-order chi connectivity index (χ0) is 14.4. The van der Waals surface area contributed by atoms with Crippen LogP contribution in [0.2, 0.25) is 0 Å². The van der Waals surface area contributed by atoms with E-state index in [1.807, 2.05) is 44.2 Å². The number of ether oxygens (including phenoxy) is 2. The van der Waals surface area contributed by atoms with E-state index in [2.05, 4.69) is 0 Å². The van der Waals surface area contributed by atoms with Crippen LogP contribution < -0.4 is 5.56 Å². The lowest BCUT2D eigenvalue weighted by Crippen LogP contribution is -2.13. The molecule has 2 aromatic rings. The number of aromatic nitrogens is 1. The van der Waals surface area contributed by atoms with Gasteiger partial charge in [-0.3, -0.25) is 4.79 Å². The lowest BCUT2D eigenvalue weighted by Gasteiger charge is -2.13. The molecule has 0 N–H and O–H groups in total. The SMILES string of the molecule is CCOC(OCC)c1cc(=O)n(Cc2ccccc2)o1. The summed E-state index contributed by atoms with van der Waals surface area (Å²) in [7, 11) is 0. The van der Waals surface area contributed by atoms with E-state index in [0.717, 1.165) is 5.56 Å². The molecule has 0 bridgehead atoms. The first-order valence-electron chi connectivity index (χ1n) is 6.72. The fraction of sp³-hybridized carbons (Fsp3) is 0.400. The Morgan fingerprint density at radius 1 is 1.15 bits per heavy atom. The zero-order valence-electron chi connectivity index (χ0n) is 11.7. The van der Waals surface area contributed by atoms with Gasteiger partial charge in [0.25, 0.3) is 5.56 Å². The Hall–Kier alpha value is -1.85. The topological polar surface area (TPSA) is 53.6 Å². The lowest BCUT2D eigenvalue weighted by molar-refractivity contribution is -0.154. The summed E-state index contributed by atoms with van der Waals surface area (Å²) < 4.78 is 17.7. The fourth-order valence-electron chi connectivity index (χ4n) is 1.88. The van der Waals surface area contributed by atoms with E-state index in [1.54, 1.807) is 0 Å². The molecular weight excluding hydrogens is 258 g/mol. The van der Waals surface area contributed by atoms with E-state index >= 15 is 0 Å². The molecule has 1 aromatic carbocycles. The van der Waals surface area contributed by atoms with Gasteiger partial charge in [0.2, 0.25) is 6.29 Å². The minimum atomic E-state index is -0.630. The van der Waals surface area contributed by atoms with Gasteiger partial charge < -0.3 is 14.0 Å². The molecule has 1 heterocycles. The van der Waals surface area contributed by atoms with Crippen molar-refractivity contribution in [2.75, 3.05) is 13.2 Å². The maximum atomic E-state index is 11.9. The van der Waals surface area contributed by atoms with Gasteiger partial charge in [-0.25, -0.2) is 0 Å². The van der Waals surface area contributed by atoms with Crippen LogP contribution in [-0.4, -0.2) is 18.0 Å². The fourth-order valence-corrected chi connectivity index (χ4v) is 1.88. The monoisotopic (exact) mass is 277 g/mol. The van der Waals surface area contributed by atoms with Crippen LogP contribution in [0.25, 0.3) is 0 Å². The van der Waals surface area contributed by atoms with Gasteiger partial charge in [0, 0.05) is 13.2 Å². The van der Waals surface area contributed by atoms with Crippen molar-refractivity contribution in [2.45, 2.75) is 26.7 Å². The van der Waals surface area contributed by atoms with Crippen molar-refractivity contribution in [3.8, 4) is 0 Å². The molecule has 0 unspecified atom stereocenters. The van der Waals surface area contributed by atoms with Crippen molar-refractivity contribution < 1.29 is 14.0 Å². The van der Waals surface area contributed by atoms with E-state index in [0.29, 0.717) is 25.5 Å². The predicted octanol–water partition coefficient (Wildman–Crippen LogP) is 2.56. The van der Waals surface area contributed by atoms with Gasteiger partial charge in [0.1, 0.15) is 0 Å². The predicted molar refractivity (Wildman–Crippen MR) is 74.5 cm³/mol. The highest BCUT2D eigenvalue weighted by Gasteiger charge is 2.18. The second-order valence-corrected chi connectivity index (χ2v) is 4.24. The third-order valence-electron chi connectivity index (χ3n) is 2.76. The summed E-state index contributed by atoms with van der Waals surface area (Å²) in [6, 6.07) is 11.1. The molecule has 0 spiro atoms. The van der Waals surface area contributed by atoms with Crippen molar-refractivity contribution in [3.63, 3.8) is 0 Å². The van der Waals surface area contributed by atoms with Gasteiger partial charge in [0.15, 0.2) is 5.76 Å². The van der Waals surface area contributed by atoms with Crippen LogP contribution in [0.3, 0.4) is 0 Å². The molecule has 1 aromatic heterocycles. The van der Waals surface area contributed by atoms with Gasteiger partial charge in [-0.05, 0) is 19.4 Å². The summed E-state index contributed by atoms with van der Waals surface area (Å²) >= 11 is 0. The largest absolute Gasteiger partial charge is 0.375 e. The van der Waals surface area contributed by atoms with Crippen molar-refractivity contribution >= 4 is 0 Å². The minimum absolute atomic E-state index is 0.201. The molecule has 2 rings (SSSR count). The van der Waals surface area contributed by atoms with Gasteiger partial charge in [-0.2, -0.15) is 4.74 Å². The Labute approximate surface area is 117 Å². The van der Waals surface area contributed by atoms with Crippen LogP contribution in [0.15, 0.2) is 45.7 Å². The molecule has 0 saturated carbocycles. The summed E-state index contributed by atoms with van der Waals surface area (Å²) in [4.78, 5) is 11.9. The third-order valence-corrected chi connectivity index (χ3v) is 2.76. The Morgan fingerprint density at radius 2 is 1.80 bits per heavy atom. The second-order valence-electron chi connectivity index (χ2n) is 4.24. The highest BCUT2D eigenvalue weighted by atomic mass is 16.7. The van der Waals surface area contributed by atoms with Gasteiger partial charge >= 0.3 is 0 Å². The summed E-state index contributed by atoms with van der Waals surface area (Å²) in [5.74, 6) is 0.398. The number of nitrogens with zero attached hydrogens (tertiary/aromatic N) is 1. The van der Waals surface area contributed by atoms with Crippen molar-refractivity contribution in [3.05, 3.63) is 58.1 Å². The quantitative estimate of drug-likeness (QED) is 0.730. The Kier molecular flexibility index (Phi) is 5.15. The normalized spacial score (nSPS) is 11.2. The number of benzene rings is 1. The van der Waals surface area contributed by atoms with Crippen molar-refractivity contribution in [1.82, 2.24) is 4.74 Å². The second kappa shape index (κ2) is 7.07. The van der Waals surface area contributed by atoms with Crippen molar-refractivity contribution in [1.29, 1.82) is 0 Å². The highest BCUT2D eigenvalue weighted by molar-refractivity contribution is 5.14. The molecule has 0 aliphatic heterocycles. The van der Waals surface area contributed by atoms with Crippen LogP contribution in [-0.2, 0) is 16.0 Å². The Balaban J connectivity index is 2.18. The molecule has 0 fully saturated rings. The molecule has 0 aliphatic carbocycles. The average Bonchev–Trinajstić information content (AvgIpc) is 2.81. The molecule has 0 saturated heterocycles. The van der Waals surface area contributed by atoms with Crippen LogP contribution in [0, 0.1) is 0 Å². The number of hydrogen-bond acceptors (Lipinski definition) is 4. The Morgan fingerprint density at radius 3 is 2.40 bits per heavy atom. The van der Waals surface area contributed by atoms with E-state index in [4.69, 9.17) is 14.0 Å². The molecule has 0 radical (unpaired) electrons. The smallest absolute Gasteiger partial charge is 0.283 e. The average molecular weight is 277 g/mol. The molecule has 0 amide bonds. The molecule has 108 valence electrons. The molecular formula is C15H19NO4. The van der Waals surface area contributed by atoms with Crippen LogP contribution in [0.4, 0.5) is 0 Å². The van der Waals surface area contributed by atoms with E-state index in [9.17, 15) is 4.79 Å². The van der Waals surface area contributed by atoms with E-state index in [-0.39, 0.29) is 5.56 Å². The van der Waals surface area contributed by atoms with Gasteiger partial charge in [0.05, 0.1) is 12.6 Å². The first-order valence-corrected chi connectivity index (χ1v) is 6.72. The molecule has 0 atom stereocenters. The number of hydrogen-bond donors (Lipinski definition) is 0. The molecule has 5 nitrogen and oxygen atoms in total. The lowest BCUT2D eigenvalue weighted by atomic mass is 10.2.